The number of carbonyl (C=O) groups excluding carboxylic acids is 1. The number of hydrogen-bond acceptors (Lipinski definition) is 4. The van der Waals surface area contributed by atoms with Crippen molar-refractivity contribution in [3.63, 3.8) is 0 Å². The molecule has 0 spiro atoms. The number of hydrogen-bond donors (Lipinski definition) is 3. The van der Waals surface area contributed by atoms with Gasteiger partial charge in [0.15, 0.2) is 0 Å². The molecule has 0 rings (SSSR count). The Labute approximate surface area is 77.4 Å². The van der Waals surface area contributed by atoms with Gasteiger partial charge in [-0.3, -0.25) is 4.79 Å². The van der Waals surface area contributed by atoms with Crippen LogP contribution in [0.5, 0.6) is 0 Å². The molecular weight excluding hydrogens is 174 g/mol. The highest BCUT2D eigenvalue weighted by atomic mass is 32.2. The lowest BCUT2D eigenvalue weighted by atomic mass is 10.3. The third-order valence-electron chi connectivity index (χ3n) is 1.28. The lowest BCUT2D eigenvalue weighted by molar-refractivity contribution is -0.121. The Morgan fingerprint density at radius 3 is 2.83 bits per heavy atom. The summed E-state index contributed by atoms with van der Waals surface area (Å²) in [4.78, 5) is 11.1. The van der Waals surface area contributed by atoms with E-state index in [1.165, 1.54) is 0 Å². The van der Waals surface area contributed by atoms with Crippen LogP contribution in [0.3, 0.4) is 0 Å². The second kappa shape index (κ2) is 7.39. The van der Waals surface area contributed by atoms with Crippen LogP contribution in [-0.2, 0) is 4.79 Å². The Morgan fingerprint density at radius 2 is 2.33 bits per heavy atom. The third-order valence-corrected chi connectivity index (χ3v) is 2.28. The SMILES string of the molecule is CCSC[C@H](N)C(=O)NCCN. The van der Waals surface area contributed by atoms with E-state index in [9.17, 15) is 4.79 Å². The van der Waals surface area contributed by atoms with Crippen LogP contribution in [0.15, 0.2) is 0 Å². The normalized spacial score (nSPS) is 12.6. The van der Waals surface area contributed by atoms with E-state index in [4.69, 9.17) is 11.5 Å². The number of thioether (sulfide) groups is 1. The van der Waals surface area contributed by atoms with Crippen LogP contribution in [0.2, 0.25) is 0 Å². The fourth-order valence-electron chi connectivity index (χ4n) is 0.647. The Balaban J connectivity index is 3.47. The van der Waals surface area contributed by atoms with E-state index < -0.39 is 6.04 Å². The molecule has 0 aromatic rings. The van der Waals surface area contributed by atoms with Crippen molar-refractivity contribution in [1.82, 2.24) is 5.32 Å². The first-order valence-corrected chi connectivity index (χ1v) is 5.19. The summed E-state index contributed by atoms with van der Waals surface area (Å²) in [5.74, 6) is 1.55. The van der Waals surface area contributed by atoms with Gasteiger partial charge in [-0.05, 0) is 5.75 Å². The molecule has 0 aromatic heterocycles. The largest absolute Gasteiger partial charge is 0.353 e. The summed E-state index contributed by atoms with van der Waals surface area (Å²) < 4.78 is 0. The Morgan fingerprint density at radius 1 is 1.67 bits per heavy atom. The molecule has 0 aliphatic rings. The van der Waals surface area contributed by atoms with Crippen molar-refractivity contribution in [2.45, 2.75) is 13.0 Å². The van der Waals surface area contributed by atoms with E-state index in [1.807, 2.05) is 6.92 Å². The molecule has 0 aliphatic carbocycles. The molecule has 0 unspecified atom stereocenters. The predicted octanol–water partition coefficient (Wildman–Crippen LogP) is -0.858. The van der Waals surface area contributed by atoms with E-state index in [-0.39, 0.29) is 5.91 Å². The number of nitrogens with two attached hydrogens (primary N) is 2. The van der Waals surface area contributed by atoms with Gasteiger partial charge in [-0.2, -0.15) is 11.8 Å². The van der Waals surface area contributed by atoms with Gasteiger partial charge in [0.1, 0.15) is 0 Å². The van der Waals surface area contributed by atoms with Crippen LogP contribution >= 0.6 is 11.8 Å². The molecule has 0 bridgehead atoms. The molecular formula is C7H17N3OS. The second-order valence-corrected chi connectivity index (χ2v) is 3.66. The van der Waals surface area contributed by atoms with Gasteiger partial charge in [-0.1, -0.05) is 6.92 Å². The number of carbonyl (C=O) groups is 1. The van der Waals surface area contributed by atoms with Gasteiger partial charge >= 0.3 is 0 Å². The van der Waals surface area contributed by atoms with Crippen LogP contribution in [0.25, 0.3) is 0 Å². The van der Waals surface area contributed by atoms with Crippen LogP contribution in [0.1, 0.15) is 6.92 Å². The quantitative estimate of drug-likeness (QED) is 0.510. The molecule has 12 heavy (non-hydrogen) atoms. The molecule has 1 amide bonds. The summed E-state index contributed by atoms with van der Waals surface area (Å²) in [6.07, 6.45) is 0. The predicted molar refractivity (Wildman–Crippen MR) is 53.0 cm³/mol. The van der Waals surface area contributed by atoms with Gasteiger partial charge in [-0.15, -0.1) is 0 Å². The van der Waals surface area contributed by atoms with Crippen molar-refractivity contribution in [2.75, 3.05) is 24.6 Å². The van der Waals surface area contributed by atoms with Crippen molar-refractivity contribution in [1.29, 1.82) is 0 Å². The zero-order valence-corrected chi connectivity index (χ0v) is 8.19. The first-order chi connectivity index (χ1) is 5.72. The average Bonchev–Trinajstić information content (AvgIpc) is 2.10. The Bertz CT molecular complexity index is 132. The molecule has 5 N–H and O–H groups in total. The van der Waals surface area contributed by atoms with Crippen LogP contribution in [0.4, 0.5) is 0 Å². The summed E-state index contributed by atoms with van der Waals surface area (Å²) >= 11 is 1.66. The minimum absolute atomic E-state index is 0.110. The molecule has 0 aromatic carbocycles. The first kappa shape index (κ1) is 11.7. The van der Waals surface area contributed by atoms with Crippen LogP contribution in [0, 0.1) is 0 Å². The zero-order chi connectivity index (χ0) is 9.40. The highest BCUT2D eigenvalue weighted by Gasteiger charge is 2.11. The van der Waals surface area contributed by atoms with E-state index in [1.54, 1.807) is 11.8 Å². The van der Waals surface area contributed by atoms with Crippen LogP contribution in [-0.4, -0.2) is 36.5 Å². The molecule has 1 atom stereocenters. The summed E-state index contributed by atoms with van der Waals surface area (Å²) in [6, 6.07) is -0.401. The van der Waals surface area contributed by atoms with Crippen LogP contribution < -0.4 is 16.8 Å². The molecule has 72 valence electrons. The fourth-order valence-corrected chi connectivity index (χ4v) is 1.29. The second-order valence-electron chi connectivity index (χ2n) is 2.35. The van der Waals surface area contributed by atoms with Gasteiger partial charge in [0.2, 0.25) is 5.91 Å². The molecule has 0 heterocycles. The summed E-state index contributed by atoms with van der Waals surface area (Å²) in [7, 11) is 0. The zero-order valence-electron chi connectivity index (χ0n) is 7.38. The molecule has 0 fully saturated rings. The van der Waals surface area contributed by atoms with Crippen molar-refractivity contribution in [3.05, 3.63) is 0 Å². The third kappa shape index (κ3) is 5.40. The maximum Gasteiger partial charge on any atom is 0.237 e. The van der Waals surface area contributed by atoms with E-state index in [2.05, 4.69) is 5.32 Å². The van der Waals surface area contributed by atoms with E-state index in [0.29, 0.717) is 18.8 Å². The minimum atomic E-state index is -0.401. The highest BCUT2D eigenvalue weighted by molar-refractivity contribution is 7.99. The van der Waals surface area contributed by atoms with Gasteiger partial charge in [0.05, 0.1) is 6.04 Å². The number of amides is 1. The average molecular weight is 191 g/mol. The lowest BCUT2D eigenvalue weighted by Crippen LogP contribution is -2.43. The number of rotatable bonds is 6. The van der Waals surface area contributed by atoms with Crippen molar-refractivity contribution in [2.24, 2.45) is 11.5 Å². The van der Waals surface area contributed by atoms with Crippen molar-refractivity contribution >= 4 is 17.7 Å². The standard InChI is InChI=1S/C7H17N3OS/c1-2-12-5-6(9)7(11)10-4-3-8/h6H,2-5,8-9H2,1H3,(H,10,11)/t6-/m0/s1. The molecule has 4 nitrogen and oxygen atoms in total. The summed E-state index contributed by atoms with van der Waals surface area (Å²) in [5, 5.41) is 2.64. The molecule has 0 radical (unpaired) electrons. The van der Waals surface area contributed by atoms with Crippen molar-refractivity contribution < 1.29 is 4.79 Å². The van der Waals surface area contributed by atoms with Gasteiger partial charge in [-0.25, -0.2) is 0 Å². The van der Waals surface area contributed by atoms with Gasteiger partial charge < -0.3 is 16.8 Å². The topological polar surface area (TPSA) is 81.1 Å². The smallest absolute Gasteiger partial charge is 0.237 e. The number of nitrogens with one attached hydrogen (secondary N) is 1. The molecule has 5 heteroatoms. The summed E-state index contributed by atoms with van der Waals surface area (Å²) in [5.41, 5.74) is 10.8. The monoisotopic (exact) mass is 191 g/mol. The van der Waals surface area contributed by atoms with Crippen molar-refractivity contribution in [3.8, 4) is 0 Å². The lowest BCUT2D eigenvalue weighted by Gasteiger charge is -2.10. The highest BCUT2D eigenvalue weighted by Crippen LogP contribution is 1.99. The molecule has 0 saturated heterocycles. The molecule has 0 aliphatic heterocycles. The molecule has 0 saturated carbocycles. The fraction of sp³-hybridized carbons (Fsp3) is 0.857. The Hall–Kier alpha value is -0.260. The van der Waals surface area contributed by atoms with Gasteiger partial charge in [0.25, 0.3) is 0 Å². The first-order valence-electron chi connectivity index (χ1n) is 4.03. The maximum atomic E-state index is 11.1. The maximum absolute atomic E-state index is 11.1. The minimum Gasteiger partial charge on any atom is -0.353 e. The summed E-state index contributed by atoms with van der Waals surface area (Å²) in [6.45, 7) is 3.00. The van der Waals surface area contributed by atoms with Gasteiger partial charge in [0, 0.05) is 18.8 Å². The van der Waals surface area contributed by atoms with E-state index >= 15 is 0 Å². The van der Waals surface area contributed by atoms with E-state index in [0.717, 1.165) is 5.75 Å². The Kier molecular flexibility index (Phi) is 7.23.